The molecule has 1 heterocycles. The number of aromatic nitrogens is 3. The predicted molar refractivity (Wildman–Crippen MR) is 86.8 cm³/mol. The fraction of sp³-hybridized carbons (Fsp3) is 0.500. The summed E-state index contributed by atoms with van der Waals surface area (Å²) in [6.45, 7) is 2.73. The molecule has 0 radical (unpaired) electrons. The van der Waals surface area contributed by atoms with Gasteiger partial charge in [-0.25, -0.2) is 9.67 Å². The van der Waals surface area contributed by atoms with Gasteiger partial charge in [0.1, 0.15) is 6.61 Å². The van der Waals surface area contributed by atoms with Gasteiger partial charge in [-0.05, 0) is 18.6 Å². The molecule has 120 valence electrons. The second-order valence-electron chi connectivity index (χ2n) is 5.47. The molecule has 0 aliphatic carbocycles. The van der Waals surface area contributed by atoms with E-state index in [9.17, 15) is 5.11 Å². The van der Waals surface area contributed by atoms with E-state index in [-0.39, 0.29) is 0 Å². The van der Waals surface area contributed by atoms with E-state index < -0.39 is 6.10 Å². The maximum absolute atomic E-state index is 9.94. The van der Waals surface area contributed by atoms with Crippen LogP contribution in [-0.4, -0.2) is 47.2 Å². The lowest BCUT2D eigenvalue weighted by atomic mass is 10.1. The molecule has 0 saturated heterocycles. The summed E-state index contributed by atoms with van der Waals surface area (Å²) in [5.74, 6) is 1.37. The minimum Gasteiger partial charge on any atom is -0.391 e. The zero-order valence-corrected chi connectivity index (χ0v) is 13.7. The zero-order chi connectivity index (χ0) is 16.1. The summed E-state index contributed by atoms with van der Waals surface area (Å²) >= 11 is 0. The van der Waals surface area contributed by atoms with Crippen molar-refractivity contribution in [3.05, 3.63) is 30.1 Å². The van der Waals surface area contributed by atoms with Crippen LogP contribution < -0.4 is 4.90 Å². The van der Waals surface area contributed by atoms with Crippen molar-refractivity contribution >= 4 is 5.69 Å². The van der Waals surface area contributed by atoms with Gasteiger partial charge in [0, 0.05) is 32.5 Å². The number of methoxy groups -OCH3 is 1. The van der Waals surface area contributed by atoms with E-state index in [4.69, 9.17) is 4.74 Å². The largest absolute Gasteiger partial charge is 0.391 e. The molecule has 0 spiro atoms. The number of aliphatic hydroxyl groups excluding tert-OH is 1. The molecule has 1 aromatic heterocycles. The van der Waals surface area contributed by atoms with Crippen molar-refractivity contribution < 1.29 is 9.84 Å². The van der Waals surface area contributed by atoms with Crippen molar-refractivity contribution in [2.45, 2.75) is 32.6 Å². The van der Waals surface area contributed by atoms with Crippen LogP contribution >= 0.6 is 0 Å². The Morgan fingerprint density at radius 1 is 1.36 bits per heavy atom. The second kappa shape index (κ2) is 7.38. The number of hydrogen-bond acceptors (Lipinski definition) is 5. The first-order valence-corrected chi connectivity index (χ1v) is 7.43. The number of hydrogen-bond donors (Lipinski definition) is 1. The standard InChI is InChI=1S/C16H24N4O2/c1-5-14(21)10-20-16(17-15(18-20)11-22-4)12-7-6-8-13(9-12)19(2)3/h6-9,14,21H,5,10-11H2,1-4H3/t14-/m1/s1. The molecule has 6 heteroatoms. The first-order valence-electron chi connectivity index (χ1n) is 7.43. The minimum atomic E-state index is -0.437. The molecule has 0 amide bonds. The van der Waals surface area contributed by atoms with Gasteiger partial charge in [0.15, 0.2) is 11.6 Å². The van der Waals surface area contributed by atoms with Crippen LogP contribution in [0, 0.1) is 0 Å². The van der Waals surface area contributed by atoms with Crippen molar-refractivity contribution in [2.75, 3.05) is 26.1 Å². The van der Waals surface area contributed by atoms with Gasteiger partial charge in [-0.1, -0.05) is 19.1 Å². The Kier molecular flexibility index (Phi) is 5.51. The van der Waals surface area contributed by atoms with Gasteiger partial charge in [-0.15, -0.1) is 0 Å². The van der Waals surface area contributed by atoms with E-state index >= 15 is 0 Å². The number of rotatable bonds is 7. The number of benzene rings is 1. The predicted octanol–water partition coefficient (Wildman–Crippen LogP) is 1.93. The summed E-state index contributed by atoms with van der Waals surface area (Å²) in [4.78, 5) is 6.60. The van der Waals surface area contributed by atoms with Crippen LogP contribution in [0.2, 0.25) is 0 Å². The molecule has 6 nitrogen and oxygen atoms in total. The lowest BCUT2D eigenvalue weighted by Gasteiger charge is -2.14. The van der Waals surface area contributed by atoms with Crippen LogP contribution in [0.1, 0.15) is 19.2 Å². The number of aliphatic hydroxyl groups is 1. The van der Waals surface area contributed by atoms with E-state index in [2.05, 4.69) is 16.1 Å². The van der Waals surface area contributed by atoms with Crippen LogP contribution in [0.15, 0.2) is 24.3 Å². The first-order chi connectivity index (χ1) is 10.5. The smallest absolute Gasteiger partial charge is 0.176 e. The average Bonchev–Trinajstić information content (AvgIpc) is 2.90. The fourth-order valence-electron chi connectivity index (χ4n) is 2.17. The number of ether oxygens (including phenoxy) is 1. The topological polar surface area (TPSA) is 63.4 Å². The molecule has 0 saturated carbocycles. The Hall–Kier alpha value is -1.92. The zero-order valence-electron chi connectivity index (χ0n) is 13.7. The maximum Gasteiger partial charge on any atom is 0.176 e. The molecular weight excluding hydrogens is 280 g/mol. The average molecular weight is 304 g/mol. The lowest BCUT2D eigenvalue weighted by Crippen LogP contribution is -2.17. The van der Waals surface area contributed by atoms with Crippen LogP contribution in [0.5, 0.6) is 0 Å². The molecule has 0 bridgehead atoms. The minimum absolute atomic E-state index is 0.357. The summed E-state index contributed by atoms with van der Waals surface area (Å²) in [6, 6.07) is 8.11. The van der Waals surface area contributed by atoms with Crippen LogP contribution in [0.25, 0.3) is 11.4 Å². The van der Waals surface area contributed by atoms with Gasteiger partial charge >= 0.3 is 0 Å². The normalized spacial score (nSPS) is 12.4. The van der Waals surface area contributed by atoms with Gasteiger partial charge < -0.3 is 14.7 Å². The highest BCUT2D eigenvalue weighted by molar-refractivity contribution is 5.63. The molecule has 1 atom stereocenters. The summed E-state index contributed by atoms with van der Waals surface area (Å²) in [5, 5.41) is 14.4. The monoisotopic (exact) mass is 304 g/mol. The van der Waals surface area contributed by atoms with Crippen molar-refractivity contribution in [1.29, 1.82) is 0 Å². The maximum atomic E-state index is 9.94. The molecular formula is C16H24N4O2. The third kappa shape index (κ3) is 3.84. The Balaban J connectivity index is 2.41. The molecule has 0 unspecified atom stereocenters. The Bertz CT molecular complexity index is 610. The van der Waals surface area contributed by atoms with E-state index in [1.165, 1.54) is 0 Å². The van der Waals surface area contributed by atoms with Gasteiger partial charge in [0.25, 0.3) is 0 Å². The highest BCUT2D eigenvalue weighted by atomic mass is 16.5. The third-order valence-corrected chi connectivity index (χ3v) is 3.46. The second-order valence-corrected chi connectivity index (χ2v) is 5.47. The first kappa shape index (κ1) is 16.5. The molecule has 1 N–H and O–H groups in total. The molecule has 0 aliphatic heterocycles. The van der Waals surface area contributed by atoms with Crippen LogP contribution in [0.3, 0.4) is 0 Å². The third-order valence-electron chi connectivity index (χ3n) is 3.46. The van der Waals surface area contributed by atoms with Crippen LogP contribution in [-0.2, 0) is 17.9 Å². The SMILES string of the molecule is CC[C@@H](O)Cn1nc(COC)nc1-c1cccc(N(C)C)c1. The number of anilines is 1. The molecule has 1 aromatic carbocycles. The van der Waals surface area contributed by atoms with Crippen molar-refractivity contribution in [3.63, 3.8) is 0 Å². The molecule has 2 aromatic rings. The Morgan fingerprint density at radius 2 is 2.14 bits per heavy atom. The van der Waals surface area contributed by atoms with Gasteiger partial charge in [0.2, 0.25) is 0 Å². The molecule has 2 rings (SSSR count). The summed E-state index contributed by atoms with van der Waals surface area (Å²) in [6.07, 6.45) is 0.240. The highest BCUT2D eigenvalue weighted by Gasteiger charge is 2.15. The molecule has 22 heavy (non-hydrogen) atoms. The van der Waals surface area contributed by atoms with E-state index in [1.54, 1.807) is 11.8 Å². The highest BCUT2D eigenvalue weighted by Crippen LogP contribution is 2.23. The summed E-state index contributed by atoms with van der Waals surface area (Å²) in [5.41, 5.74) is 2.07. The fourth-order valence-corrected chi connectivity index (χ4v) is 2.17. The van der Waals surface area contributed by atoms with Gasteiger partial charge in [-0.2, -0.15) is 5.10 Å². The number of nitrogens with zero attached hydrogens (tertiary/aromatic N) is 4. The van der Waals surface area contributed by atoms with Gasteiger partial charge in [0.05, 0.1) is 12.6 Å². The van der Waals surface area contributed by atoms with Crippen molar-refractivity contribution in [3.8, 4) is 11.4 Å². The lowest BCUT2D eigenvalue weighted by molar-refractivity contribution is 0.144. The van der Waals surface area contributed by atoms with Crippen molar-refractivity contribution in [2.24, 2.45) is 0 Å². The summed E-state index contributed by atoms with van der Waals surface area (Å²) in [7, 11) is 5.62. The van der Waals surface area contributed by atoms with Crippen LogP contribution in [0.4, 0.5) is 5.69 Å². The Morgan fingerprint density at radius 3 is 2.77 bits per heavy atom. The van der Waals surface area contributed by atoms with Gasteiger partial charge in [-0.3, -0.25) is 0 Å². The van der Waals surface area contributed by atoms with Crippen molar-refractivity contribution in [1.82, 2.24) is 14.8 Å². The Labute approximate surface area is 131 Å². The summed E-state index contributed by atoms with van der Waals surface area (Å²) < 4.78 is 6.88. The van der Waals surface area contributed by atoms with E-state index in [1.807, 2.05) is 44.1 Å². The molecule has 0 fully saturated rings. The molecule has 0 aliphatic rings. The van der Waals surface area contributed by atoms with E-state index in [0.29, 0.717) is 25.4 Å². The quantitative estimate of drug-likeness (QED) is 0.847. The van der Waals surface area contributed by atoms with E-state index in [0.717, 1.165) is 17.1 Å².